The predicted molar refractivity (Wildman–Crippen MR) is 115 cm³/mol. The molecule has 0 fully saturated rings. The van der Waals surface area contributed by atoms with Gasteiger partial charge in [0.25, 0.3) is 6.43 Å². The first-order chi connectivity index (χ1) is 15.8. The lowest BCUT2D eigenvalue weighted by Crippen LogP contribution is -2.29. The van der Waals surface area contributed by atoms with E-state index in [-0.39, 0.29) is 29.3 Å². The Labute approximate surface area is 188 Å². The average molecular weight is 448 g/mol. The number of nitriles is 2. The third kappa shape index (κ3) is 5.41. The Kier molecular flexibility index (Phi) is 7.17. The van der Waals surface area contributed by atoms with Gasteiger partial charge in [-0.3, -0.25) is 9.88 Å². The molecule has 3 aromatic rings. The van der Waals surface area contributed by atoms with Crippen LogP contribution in [-0.2, 0) is 13.2 Å². The molecule has 0 radical (unpaired) electrons. The zero-order valence-corrected chi connectivity index (χ0v) is 17.5. The molecule has 0 atom stereocenters. The number of ether oxygens (including phenoxy) is 1. The molecule has 0 saturated heterocycles. The van der Waals surface area contributed by atoms with Gasteiger partial charge in [-0.05, 0) is 48.9 Å². The zero-order chi connectivity index (χ0) is 24.0. The van der Waals surface area contributed by atoms with Crippen LogP contribution in [0.1, 0.15) is 39.9 Å². The fourth-order valence-electron chi connectivity index (χ4n) is 3.23. The van der Waals surface area contributed by atoms with Crippen LogP contribution in [0.25, 0.3) is 0 Å². The monoisotopic (exact) mass is 448 g/mol. The van der Waals surface area contributed by atoms with Crippen LogP contribution in [0.5, 0.6) is 5.75 Å². The lowest BCUT2D eigenvalue weighted by Gasteiger charge is -2.23. The average Bonchev–Trinajstić information content (AvgIpc) is 2.82. The van der Waals surface area contributed by atoms with Gasteiger partial charge in [0.2, 0.25) is 0 Å². The van der Waals surface area contributed by atoms with Crippen molar-refractivity contribution < 1.29 is 23.4 Å². The topological polar surface area (TPSA) is 110 Å². The van der Waals surface area contributed by atoms with Crippen LogP contribution >= 0.6 is 0 Å². The number of alkyl halides is 2. The van der Waals surface area contributed by atoms with Crippen molar-refractivity contribution in [2.75, 3.05) is 4.90 Å². The summed E-state index contributed by atoms with van der Waals surface area (Å²) >= 11 is 0. The van der Waals surface area contributed by atoms with Crippen LogP contribution in [0.15, 0.2) is 54.7 Å². The summed E-state index contributed by atoms with van der Waals surface area (Å²) in [7, 11) is 0. The van der Waals surface area contributed by atoms with Crippen LogP contribution < -0.4 is 9.64 Å². The highest BCUT2D eigenvalue weighted by Gasteiger charge is 2.25. The van der Waals surface area contributed by atoms with Crippen molar-refractivity contribution in [2.45, 2.75) is 26.5 Å². The summed E-state index contributed by atoms with van der Waals surface area (Å²) in [6.07, 6.45) is -3.09. The molecule has 7 nitrogen and oxygen atoms in total. The molecule has 0 aliphatic carbocycles. The van der Waals surface area contributed by atoms with Gasteiger partial charge < -0.3 is 9.84 Å². The quantitative estimate of drug-likeness (QED) is 0.523. The minimum absolute atomic E-state index is 0.0110. The number of rotatable bonds is 7. The van der Waals surface area contributed by atoms with Gasteiger partial charge >= 0.3 is 6.09 Å². The SMILES string of the molecule is Cc1ncc(CN(C(=O)O)c2ccc(C#N)cc2)c(C(F)F)c1OCc1cccc(C#N)c1. The van der Waals surface area contributed by atoms with Crippen molar-refractivity contribution in [2.24, 2.45) is 0 Å². The molecule has 1 aromatic heterocycles. The van der Waals surface area contributed by atoms with E-state index in [1.54, 1.807) is 24.3 Å². The number of carboxylic acid groups (broad SMARTS) is 1. The van der Waals surface area contributed by atoms with Crippen LogP contribution in [-0.4, -0.2) is 16.2 Å². The molecule has 9 heteroatoms. The fourth-order valence-corrected chi connectivity index (χ4v) is 3.23. The highest BCUT2D eigenvalue weighted by molar-refractivity contribution is 5.86. The molecule has 0 spiro atoms. The minimum Gasteiger partial charge on any atom is -0.486 e. The standard InChI is InChI=1S/C24H18F2N4O3/c1-15-22(33-14-18-4-2-3-17(9-18)11-28)21(23(25)26)19(12-29-15)13-30(24(31)32)20-7-5-16(10-27)6-8-20/h2-9,12,23H,13-14H2,1H3,(H,31,32). The number of carbonyl (C=O) groups is 1. The number of anilines is 1. The minimum atomic E-state index is -2.95. The first-order valence-electron chi connectivity index (χ1n) is 9.73. The molecule has 0 bridgehead atoms. The Balaban J connectivity index is 1.95. The fraction of sp³-hybridized carbons (Fsp3) is 0.167. The van der Waals surface area contributed by atoms with Crippen LogP contribution in [0, 0.1) is 29.6 Å². The van der Waals surface area contributed by atoms with Crippen molar-refractivity contribution in [3.05, 3.63) is 88.2 Å². The molecular formula is C24H18F2N4O3. The Morgan fingerprint density at radius 2 is 1.85 bits per heavy atom. The molecule has 1 heterocycles. The molecule has 3 rings (SSSR count). The second kappa shape index (κ2) is 10.2. The largest absolute Gasteiger partial charge is 0.486 e. The summed E-state index contributed by atoms with van der Waals surface area (Å²) in [6, 6.07) is 16.2. The normalized spacial score (nSPS) is 10.4. The maximum absolute atomic E-state index is 14.1. The van der Waals surface area contributed by atoms with E-state index in [0.717, 1.165) is 4.90 Å². The summed E-state index contributed by atoms with van der Waals surface area (Å²) in [6.45, 7) is 1.06. The van der Waals surface area contributed by atoms with E-state index >= 15 is 0 Å². The van der Waals surface area contributed by atoms with E-state index in [1.165, 1.54) is 37.4 Å². The van der Waals surface area contributed by atoms with Crippen molar-refractivity contribution in [1.29, 1.82) is 10.5 Å². The summed E-state index contributed by atoms with van der Waals surface area (Å²) in [5.41, 5.74) is 1.36. The second-order valence-corrected chi connectivity index (χ2v) is 7.04. The van der Waals surface area contributed by atoms with Gasteiger partial charge in [-0.1, -0.05) is 12.1 Å². The first-order valence-corrected chi connectivity index (χ1v) is 9.73. The molecule has 1 N–H and O–H groups in total. The predicted octanol–water partition coefficient (Wildman–Crippen LogP) is 5.33. The van der Waals surface area contributed by atoms with E-state index < -0.39 is 24.6 Å². The Bertz CT molecular complexity index is 1250. The van der Waals surface area contributed by atoms with E-state index in [0.29, 0.717) is 16.7 Å². The van der Waals surface area contributed by atoms with Gasteiger partial charge in [-0.25, -0.2) is 13.6 Å². The Morgan fingerprint density at radius 1 is 1.15 bits per heavy atom. The van der Waals surface area contributed by atoms with E-state index in [1.807, 2.05) is 12.1 Å². The lowest BCUT2D eigenvalue weighted by atomic mass is 10.1. The molecule has 166 valence electrons. The van der Waals surface area contributed by atoms with E-state index in [9.17, 15) is 18.7 Å². The van der Waals surface area contributed by atoms with Gasteiger partial charge in [0.1, 0.15) is 12.4 Å². The number of aryl methyl sites for hydroxylation is 1. The third-order valence-electron chi connectivity index (χ3n) is 4.86. The number of pyridine rings is 1. The van der Waals surface area contributed by atoms with Crippen molar-refractivity contribution in [1.82, 2.24) is 4.98 Å². The van der Waals surface area contributed by atoms with Gasteiger partial charge in [0.15, 0.2) is 0 Å². The summed E-state index contributed by atoms with van der Waals surface area (Å²) < 4.78 is 33.9. The number of amides is 1. The van der Waals surface area contributed by atoms with Gasteiger partial charge in [0.05, 0.1) is 41.1 Å². The number of benzene rings is 2. The molecule has 0 unspecified atom stereocenters. The number of hydrogen-bond donors (Lipinski definition) is 1. The maximum atomic E-state index is 14.1. The molecular weight excluding hydrogens is 430 g/mol. The second-order valence-electron chi connectivity index (χ2n) is 7.04. The number of halogens is 2. The van der Waals surface area contributed by atoms with Crippen molar-refractivity contribution in [3.8, 4) is 17.9 Å². The summed E-state index contributed by atoms with van der Waals surface area (Å²) in [5, 5.41) is 27.6. The van der Waals surface area contributed by atoms with Gasteiger partial charge in [-0.2, -0.15) is 10.5 Å². The molecule has 33 heavy (non-hydrogen) atoms. The Morgan fingerprint density at radius 3 is 2.45 bits per heavy atom. The number of aromatic nitrogens is 1. The lowest BCUT2D eigenvalue weighted by molar-refractivity contribution is 0.142. The molecule has 0 saturated carbocycles. The van der Waals surface area contributed by atoms with Gasteiger partial charge in [-0.15, -0.1) is 0 Å². The summed E-state index contributed by atoms with van der Waals surface area (Å²) in [4.78, 5) is 16.9. The highest BCUT2D eigenvalue weighted by atomic mass is 19.3. The van der Waals surface area contributed by atoms with E-state index in [4.69, 9.17) is 15.3 Å². The van der Waals surface area contributed by atoms with Crippen LogP contribution in [0.3, 0.4) is 0 Å². The maximum Gasteiger partial charge on any atom is 0.412 e. The van der Waals surface area contributed by atoms with Crippen molar-refractivity contribution in [3.63, 3.8) is 0 Å². The zero-order valence-electron chi connectivity index (χ0n) is 17.5. The first kappa shape index (κ1) is 23.2. The number of hydrogen-bond acceptors (Lipinski definition) is 5. The van der Waals surface area contributed by atoms with Crippen LogP contribution in [0.4, 0.5) is 19.3 Å². The molecule has 2 aromatic carbocycles. The Hall–Kier alpha value is -4.50. The molecule has 0 aliphatic heterocycles. The molecule has 1 amide bonds. The summed E-state index contributed by atoms with van der Waals surface area (Å²) in [5.74, 6) is -0.130. The highest BCUT2D eigenvalue weighted by Crippen LogP contribution is 2.36. The van der Waals surface area contributed by atoms with Gasteiger partial charge in [0, 0.05) is 17.4 Å². The number of nitrogens with zero attached hydrogens (tertiary/aromatic N) is 4. The van der Waals surface area contributed by atoms with Crippen LogP contribution in [0.2, 0.25) is 0 Å². The molecule has 0 aliphatic rings. The van der Waals surface area contributed by atoms with E-state index in [2.05, 4.69) is 4.98 Å². The smallest absolute Gasteiger partial charge is 0.412 e. The van der Waals surface area contributed by atoms with Crippen molar-refractivity contribution >= 4 is 11.8 Å². The third-order valence-corrected chi connectivity index (χ3v) is 4.86.